The minimum Gasteiger partial charge on any atom is -0.462 e. The third-order valence-electron chi connectivity index (χ3n) is 16.2. The lowest BCUT2D eigenvalue weighted by Gasteiger charge is -2.39. The molecule has 0 radical (unpaired) electrons. The number of anilines is 6. The van der Waals surface area contributed by atoms with Crippen LogP contribution in [-0.2, 0) is 69.2 Å². The van der Waals surface area contributed by atoms with Crippen molar-refractivity contribution < 1.29 is 38.1 Å². The predicted molar refractivity (Wildman–Crippen MR) is 341 cm³/mol. The van der Waals surface area contributed by atoms with Gasteiger partial charge in [-0.25, -0.2) is 19.2 Å². The van der Waals surface area contributed by atoms with Crippen molar-refractivity contribution in [1.82, 2.24) is 0 Å². The molecule has 6 aromatic carbocycles. The monoisotopic (exact) mass is 1130 g/mol. The second kappa shape index (κ2) is 32.0. The van der Waals surface area contributed by atoms with Gasteiger partial charge >= 0.3 is 23.9 Å². The van der Waals surface area contributed by atoms with E-state index in [9.17, 15) is 19.2 Å². The van der Waals surface area contributed by atoms with E-state index in [-0.39, 0.29) is 29.3 Å². The maximum absolute atomic E-state index is 12.2. The Bertz CT molecular complexity index is 2840. The number of rotatable bonds is 28. The van der Waals surface area contributed by atoms with Crippen molar-refractivity contribution in [2.75, 3.05) is 36.2 Å². The third-order valence-corrected chi connectivity index (χ3v) is 16.2. The predicted octanol–water partition coefficient (Wildman–Crippen LogP) is 17.6. The molecule has 0 saturated heterocycles. The molecule has 7 rings (SSSR count). The van der Waals surface area contributed by atoms with Gasteiger partial charge in [0.2, 0.25) is 0 Å². The lowest BCUT2D eigenvalue weighted by molar-refractivity contribution is -0.139. The first kappa shape index (κ1) is 63.3. The number of allylic oxidation sites excluding steroid dienone is 4. The first-order valence-corrected chi connectivity index (χ1v) is 30.1. The molecule has 10 nitrogen and oxygen atoms in total. The van der Waals surface area contributed by atoms with Crippen molar-refractivity contribution in [3.63, 3.8) is 0 Å². The van der Waals surface area contributed by atoms with Crippen LogP contribution in [0.1, 0.15) is 147 Å². The summed E-state index contributed by atoms with van der Waals surface area (Å²) in [5.74, 6) is -1.08. The molecule has 0 atom stereocenters. The van der Waals surface area contributed by atoms with Gasteiger partial charge in [0.15, 0.2) is 0 Å². The van der Waals surface area contributed by atoms with Gasteiger partial charge in [-0.05, 0) is 226 Å². The fourth-order valence-electron chi connectivity index (χ4n) is 10.6. The van der Waals surface area contributed by atoms with Crippen LogP contribution < -0.4 is 9.80 Å². The van der Waals surface area contributed by atoms with Gasteiger partial charge in [0.25, 0.3) is 0 Å². The van der Waals surface area contributed by atoms with Crippen LogP contribution in [0.4, 0.5) is 34.1 Å². The summed E-state index contributed by atoms with van der Waals surface area (Å²) in [4.78, 5) is 53.5. The van der Waals surface area contributed by atoms with Gasteiger partial charge in [0, 0.05) is 61.8 Å². The van der Waals surface area contributed by atoms with E-state index >= 15 is 0 Å². The summed E-state index contributed by atoms with van der Waals surface area (Å²) in [5.41, 5.74) is 15.8. The minimum atomic E-state index is -0.271. The standard InChI is InChI=1S/C74H86N2O8/c1-9-54(5)70(77)81-50-16-20-58-24-36-64(37-25-58)75(65-38-26-59(27-39-65)21-17-51-82-71(78)55(6)10-2)68-44-32-62(33-45-68)74(48-14-13-15-49-74)63-34-46-69(47-35-63)76(66-40-28-60(29-41-66)22-18-52-83-72(79)56(7)11-3)67-42-30-61(31-43-67)23-19-53-84-73(80)57(8)12-4/h9-12,24-47H,13-23,48-53H2,1-8H3/b54-9+,55-10+,56-11+,57-12+. The van der Waals surface area contributed by atoms with Crippen molar-refractivity contribution in [2.24, 2.45) is 0 Å². The van der Waals surface area contributed by atoms with E-state index in [0.29, 0.717) is 48.7 Å². The van der Waals surface area contributed by atoms with Gasteiger partial charge in [0.05, 0.1) is 26.4 Å². The number of esters is 4. The van der Waals surface area contributed by atoms with Gasteiger partial charge in [-0.2, -0.15) is 0 Å². The van der Waals surface area contributed by atoms with E-state index < -0.39 is 0 Å². The fraction of sp³-hybridized carbons (Fsp3) is 0.351. The highest BCUT2D eigenvalue weighted by atomic mass is 16.5. The highest BCUT2D eigenvalue weighted by molar-refractivity contribution is 5.89. The van der Waals surface area contributed by atoms with Gasteiger partial charge in [0.1, 0.15) is 0 Å². The van der Waals surface area contributed by atoms with E-state index in [1.54, 1.807) is 52.0 Å². The molecule has 10 heteroatoms. The van der Waals surface area contributed by atoms with Gasteiger partial charge in [-0.3, -0.25) is 0 Å². The summed E-state index contributed by atoms with van der Waals surface area (Å²) in [7, 11) is 0. The van der Waals surface area contributed by atoms with Crippen molar-refractivity contribution >= 4 is 58.0 Å². The summed E-state index contributed by atoms with van der Waals surface area (Å²) >= 11 is 0. The first-order chi connectivity index (χ1) is 40.8. The summed E-state index contributed by atoms with van der Waals surface area (Å²) < 4.78 is 21.9. The second-order valence-electron chi connectivity index (χ2n) is 21.9. The second-order valence-corrected chi connectivity index (χ2v) is 21.9. The Kier molecular flexibility index (Phi) is 24.1. The summed E-state index contributed by atoms with van der Waals surface area (Å²) in [5, 5.41) is 0. The highest BCUT2D eigenvalue weighted by Crippen LogP contribution is 2.47. The maximum Gasteiger partial charge on any atom is 0.333 e. The molecule has 1 fully saturated rings. The number of hydrogen-bond donors (Lipinski definition) is 0. The van der Waals surface area contributed by atoms with Crippen LogP contribution >= 0.6 is 0 Å². The molecule has 0 heterocycles. The number of ether oxygens (including phenoxy) is 4. The number of aryl methyl sites for hydroxylation is 4. The molecule has 0 aliphatic heterocycles. The third kappa shape index (κ3) is 17.4. The van der Waals surface area contributed by atoms with Crippen molar-refractivity contribution in [3.8, 4) is 0 Å². The zero-order valence-corrected chi connectivity index (χ0v) is 50.8. The molecule has 440 valence electrons. The van der Waals surface area contributed by atoms with E-state index in [4.69, 9.17) is 18.9 Å². The summed E-state index contributed by atoms with van der Waals surface area (Å²) in [6.45, 7) is 15.9. The van der Waals surface area contributed by atoms with Crippen LogP contribution in [0.3, 0.4) is 0 Å². The zero-order valence-electron chi connectivity index (χ0n) is 50.8. The quantitative estimate of drug-likeness (QED) is 0.0204. The molecule has 0 spiro atoms. The van der Waals surface area contributed by atoms with Crippen molar-refractivity contribution in [1.29, 1.82) is 0 Å². The Balaban J connectivity index is 1.14. The molecule has 1 aliphatic rings. The Labute approximate surface area is 499 Å². The van der Waals surface area contributed by atoms with Crippen molar-refractivity contribution in [3.05, 3.63) is 226 Å². The molecule has 6 aromatic rings. The van der Waals surface area contributed by atoms with Crippen molar-refractivity contribution in [2.45, 2.75) is 144 Å². The van der Waals surface area contributed by atoms with Crippen LogP contribution in [0.25, 0.3) is 0 Å². The van der Waals surface area contributed by atoms with Crippen LogP contribution in [-0.4, -0.2) is 50.3 Å². The fourth-order valence-corrected chi connectivity index (χ4v) is 10.6. The summed E-state index contributed by atoms with van der Waals surface area (Å²) in [6, 6.07) is 53.2. The molecule has 0 N–H and O–H groups in total. The first-order valence-electron chi connectivity index (χ1n) is 30.1. The Morgan fingerprint density at radius 1 is 0.345 bits per heavy atom. The molecule has 1 aliphatic carbocycles. The number of benzene rings is 6. The minimum absolute atomic E-state index is 0.170. The summed E-state index contributed by atoms with van der Waals surface area (Å²) in [6.07, 6.45) is 18.8. The average Bonchev–Trinajstić information content (AvgIpc) is 3.73. The van der Waals surface area contributed by atoms with E-state index in [0.717, 1.165) is 111 Å². The van der Waals surface area contributed by atoms with E-state index in [1.807, 2.05) is 27.7 Å². The average molecular weight is 1130 g/mol. The topological polar surface area (TPSA) is 112 Å². The Morgan fingerprint density at radius 2 is 0.560 bits per heavy atom. The highest BCUT2D eigenvalue weighted by Gasteiger charge is 2.36. The molecular formula is C74H86N2O8. The van der Waals surface area contributed by atoms with E-state index in [1.165, 1.54) is 39.8 Å². The van der Waals surface area contributed by atoms with Crippen LogP contribution in [0, 0.1) is 0 Å². The number of hydrogen-bond acceptors (Lipinski definition) is 10. The Hall–Kier alpha value is -8.24. The number of nitrogens with zero attached hydrogens (tertiary/aromatic N) is 2. The molecule has 84 heavy (non-hydrogen) atoms. The molecule has 0 aromatic heterocycles. The number of carbonyl (C=O) groups excluding carboxylic acids is 4. The molecule has 0 unspecified atom stereocenters. The maximum atomic E-state index is 12.2. The van der Waals surface area contributed by atoms with Gasteiger partial charge in [-0.1, -0.05) is 116 Å². The molecular weight excluding hydrogens is 1040 g/mol. The Morgan fingerprint density at radius 3 is 0.774 bits per heavy atom. The van der Waals surface area contributed by atoms with Crippen LogP contribution in [0.5, 0.6) is 0 Å². The van der Waals surface area contributed by atoms with Crippen LogP contribution in [0.2, 0.25) is 0 Å². The SMILES string of the molecule is C/C=C(\C)C(=O)OCCCc1ccc(N(c2ccc(CCCOC(=O)/C(C)=C/C)cc2)c2ccc(C3(c4ccc(N(c5ccc(CCCOC(=O)/C(C)=C/C)cc5)c5ccc(CCCOC(=O)/C(C)=C/C)cc5)cc4)CCCCC3)cc2)cc1. The smallest absolute Gasteiger partial charge is 0.333 e. The zero-order chi connectivity index (χ0) is 59.8. The van der Waals surface area contributed by atoms with Crippen LogP contribution in [0.15, 0.2) is 192 Å². The number of carbonyl (C=O) groups is 4. The van der Waals surface area contributed by atoms with Gasteiger partial charge in [-0.15, -0.1) is 0 Å². The molecule has 0 bridgehead atoms. The normalized spacial score (nSPS) is 13.7. The molecule has 0 amide bonds. The largest absolute Gasteiger partial charge is 0.462 e. The van der Waals surface area contributed by atoms with E-state index in [2.05, 4.69) is 155 Å². The lowest BCUT2D eigenvalue weighted by atomic mass is 9.65. The lowest BCUT2D eigenvalue weighted by Crippen LogP contribution is -2.30. The molecule has 1 saturated carbocycles. The van der Waals surface area contributed by atoms with Gasteiger partial charge < -0.3 is 28.7 Å².